The Morgan fingerprint density at radius 3 is 2.62 bits per heavy atom. The number of likely N-dealkylation sites (tertiary alicyclic amines) is 1. The number of carbonyl (C=O) groups excluding carboxylic acids is 2. The van der Waals surface area contributed by atoms with E-state index in [1.54, 1.807) is 6.07 Å². The minimum atomic E-state index is -0.0640. The predicted molar refractivity (Wildman–Crippen MR) is 107 cm³/mol. The third-order valence-corrected chi connectivity index (χ3v) is 5.90. The van der Waals surface area contributed by atoms with E-state index in [-0.39, 0.29) is 11.8 Å². The van der Waals surface area contributed by atoms with Gasteiger partial charge in [0.05, 0.1) is 0 Å². The van der Waals surface area contributed by atoms with E-state index >= 15 is 0 Å². The van der Waals surface area contributed by atoms with Gasteiger partial charge in [0, 0.05) is 36.5 Å². The summed E-state index contributed by atoms with van der Waals surface area (Å²) in [5.74, 6) is 1.35. The van der Waals surface area contributed by atoms with Crippen molar-refractivity contribution >= 4 is 23.2 Å². The van der Waals surface area contributed by atoms with Gasteiger partial charge in [-0.2, -0.15) is 11.3 Å². The van der Waals surface area contributed by atoms with Crippen LogP contribution in [-0.4, -0.2) is 48.9 Å². The minimum absolute atomic E-state index is 0.0640. The Morgan fingerprint density at radius 1 is 1.27 bits per heavy atom. The average molecular weight is 380 g/mol. The summed E-state index contributed by atoms with van der Waals surface area (Å²) in [5.41, 5.74) is 0.690. The van der Waals surface area contributed by atoms with Gasteiger partial charge < -0.3 is 10.6 Å². The molecule has 2 N–H and O–H groups in total. The fourth-order valence-corrected chi connectivity index (χ4v) is 4.04. The first-order chi connectivity index (χ1) is 12.5. The summed E-state index contributed by atoms with van der Waals surface area (Å²) in [5, 5.41) is 9.67. The first kappa shape index (κ1) is 20.9. The van der Waals surface area contributed by atoms with Crippen LogP contribution in [0.1, 0.15) is 56.8 Å². The van der Waals surface area contributed by atoms with Crippen LogP contribution in [0.15, 0.2) is 16.8 Å². The van der Waals surface area contributed by atoms with E-state index in [4.69, 9.17) is 0 Å². The van der Waals surface area contributed by atoms with Crippen molar-refractivity contribution in [2.75, 3.05) is 26.2 Å². The second kappa shape index (κ2) is 10.7. The fraction of sp³-hybridized carbons (Fsp3) is 0.700. The van der Waals surface area contributed by atoms with Crippen molar-refractivity contribution in [3.63, 3.8) is 0 Å². The Morgan fingerprint density at radius 2 is 2.00 bits per heavy atom. The smallest absolute Gasteiger partial charge is 0.252 e. The molecular weight excluding hydrogens is 346 g/mol. The molecule has 2 amide bonds. The Bertz CT molecular complexity index is 551. The maximum absolute atomic E-state index is 12.1. The van der Waals surface area contributed by atoms with Gasteiger partial charge in [-0.3, -0.25) is 14.5 Å². The van der Waals surface area contributed by atoms with E-state index in [0.29, 0.717) is 43.5 Å². The number of nitrogens with zero attached hydrogens (tertiary/aromatic N) is 1. The average Bonchev–Trinajstić information content (AvgIpc) is 3.14. The minimum Gasteiger partial charge on any atom is -0.355 e. The third kappa shape index (κ3) is 6.72. The third-order valence-electron chi connectivity index (χ3n) is 5.21. The van der Waals surface area contributed by atoms with E-state index in [9.17, 15) is 9.59 Å². The maximum atomic E-state index is 12.1. The Labute approximate surface area is 161 Å². The summed E-state index contributed by atoms with van der Waals surface area (Å²) in [7, 11) is 0. The van der Waals surface area contributed by atoms with Crippen LogP contribution in [-0.2, 0) is 4.79 Å². The van der Waals surface area contributed by atoms with Crippen LogP contribution < -0.4 is 10.6 Å². The van der Waals surface area contributed by atoms with Crippen molar-refractivity contribution in [1.82, 2.24) is 15.5 Å². The van der Waals surface area contributed by atoms with Crippen LogP contribution in [0.3, 0.4) is 0 Å². The number of amides is 2. The molecule has 1 aromatic rings. The molecule has 2 heterocycles. The fourth-order valence-electron chi connectivity index (χ4n) is 3.40. The number of hydrogen-bond donors (Lipinski definition) is 2. The lowest BCUT2D eigenvalue weighted by Crippen LogP contribution is -2.49. The van der Waals surface area contributed by atoms with Crippen molar-refractivity contribution in [2.45, 2.75) is 52.5 Å². The van der Waals surface area contributed by atoms with Gasteiger partial charge in [-0.25, -0.2) is 0 Å². The van der Waals surface area contributed by atoms with E-state index in [1.165, 1.54) is 24.2 Å². The summed E-state index contributed by atoms with van der Waals surface area (Å²) >= 11 is 1.51. The zero-order chi connectivity index (χ0) is 18.9. The standard InChI is InChI=1S/C20H33N3O2S/c1-15(2)18(23-10-6-16(3)7-11-23)13-22-19(24)5-4-9-21-20(25)17-8-12-26-14-17/h8,12,14-16,18H,4-7,9-11,13H2,1-3H3,(H,21,25)(H,22,24). The van der Waals surface area contributed by atoms with Gasteiger partial charge in [-0.15, -0.1) is 0 Å². The van der Waals surface area contributed by atoms with Gasteiger partial charge >= 0.3 is 0 Å². The largest absolute Gasteiger partial charge is 0.355 e. The first-order valence-corrected chi connectivity index (χ1v) is 10.7. The summed E-state index contributed by atoms with van der Waals surface area (Å²) in [4.78, 5) is 26.5. The molecule has 2 rings (SSSR count). The van der Waals surface area contributed by atoms with E-state index in [2.05, 4.69) is 36.3 Å². The summed E-state index contributed by atoms with van der Waals surface area (Å²) in [6, 6.07) is 2.21. The van der Waals surface area contributed by atoms with Gasteiger partial charge in [0.25, 0.3) is 5.91 Å². The molecule has 0 spiro atoms. The van der Waals surface area contributed by atoms with E-state index in [1.807, 2.05) is 10.8 Å². The van der Waals surface area contributed by atoms with Crippen LogP contribution >= 0.6 is 11.3 Å². The zero-order valence-corrected chi connectivity index (χ0v) is 17.1. The predicted octanol–water partition coefficient (Wildman–Crippen LogP) is 3.13. The Balaban J connectivity index is 1.64. The van der Waals surface area contributed by atoms with Gasteiger partial charge in [0.2, 0.25) is 5.91 Å². The van der Waals surface area contributed by atoms with Crippen molar-refractivity contribution < 1.29 is 9.59 Å². The van der Waals surface area contributed by atoms with Gasteiger partial charge in [0.15, 0.2) is 0 Å². The molecule has 0 aromatic carbocycles. The zero-order valence-electron chi connectivity index (χ0n) is 16.3. The highest BCUT2D eigenvalue weighted by atomic mass is 32.1. The van der Waals surface area contributed by atoms with Crippen molar-refractivity contribution in [1.29, 1.82) is 0 Å². The molecule has 1 unspecified atom stereocenters. The first-order valence-electron chi connectivity index (χ1n) is 9.78. The molecule has 1 fully saturated rings. The Hall–Kier alpha value is -1.40. The normalized spacial score (nSPS) is 17.2. The molecule has 1 atom stereocenters. The molecule has 6 heteroatoms. The molecule has 5 nitrogen and oxygen atoms in total. The van der Waals surface area contributed by atoms with Crippen LogP contribution in [0, 0.1) is 11.8 Å². The van der Waals surface area contributed by atoms with E-state index in [0.717, 1.165) is 19.0 Å². The van der Waals surface area contributed by atoms with Gasteiger partial charge in [0.1, 0.15) is 0 Å². The molecule has 1 saturated heterocycles. The second-order valence-electron chi connectivity index (χ2n) is 7.71. The van der Waals surface area contributed by atoms with Crippen LogP contribution in [0.2, 0.25) is 0 Å². The summed E-state index contributed by atoms with van der Waals surface area (Å²) in [6.45, 7) is 10.3. The summed E-state index contributed by atoms with van der Waals surface area (Å²) in [6.07, 6.45) is 3.61. The van der Waals surface area contributed by atoms with Gasteiger partial charge in [-0.1, -0.05) is 20.8 Å². The highest BCUT2D eigenvalue weighted by Crippen LogP contribution is 2.21. The molecule has 1 aliphatic rings. The number of nitrogens with one attached hydrogen (secondary N) is 2. The molecule has 0 bridgehead atoms. The molecular formula is C20H33N3O2S. The lowest BCUT2D eigenvalue weighted by Gasteiger charge is -2.38. The number of hydrogen-bond acceptors (Lipinski definition) is 4. The number of rotatable bonds is 9. The van der Waals surface area contributed by atoms with Crippen LogP contribution in [0.25, 0.3) is 0 Å². The molecule has 0 saturated carbocycles. The lowest BCUT2D eigenvalue weighted by atomic mass is 9.94. The van der Waals surface area contributed by atoms with Crippen molar-refractivity contribution in [3.8, 4) is 0 Å². The number of thiophene rings is 1. The van der Waals surface area contributed by atoms with Crippen molar-refractivity contribution in [2.24, 2.45) is 11.8 Å². The number of piperidine rings is 1. The number of carbonyl (C=O) groups is 2. The van der Waals surface area contributed by atoms with E-state index < -0.39 is 0 Å². The molecule has 0 radical (unpaired) electrons. The molecule has 26 heavy (non-hydrogen) atoms. The quantitative estimate of drug-likeness (QED) is 0.648. The highest BCUT2D eigenvalue weighted by molar-refractivity contribution is 7.08. The topological polar surface area (TPSA) is 61.4 Å². The SMILES string of the molecule is CC1CCN(C(CNC(=O)CCCNC(=O)c2ccsc2)C(C)C)CC1. The Kier molecular flexibility index (Phi) is 8.59. The molecule has 1 aromatic heterocycles. The van der Waals surface area contributed by atoms with Crippen LogP contribution in [0.5, 0.6) is 0 Å². The summed E-state index contributed by atoms with van der Waals surface area (Å²) < 4.78 is 0. The van der Waals surface area contributed by atoms with Crippen LogP contribution in [0.4, 0.5) is 0 Å². The molecule has 146 valence electrons. The monoisotopic (exact) mass is 379 g/mol. The van der Waals surface area contributed by atoms with Crippen molar-refractivity contribution in [3.05, 3.63) is 22.4 Å². The lowest BCUT2D eigenvalue weighted by molar-refractivity contribution is -0.121. The highest BCUT2D eigenvalue weighted by Gasteiger charge is 2.25. The molecule has 1 aliphatic heterocycles. The maximum Gasteiger partial charge on any atom is 0.252 e. The molecule has 0 aliphatic carbocycles. The second-order valence-corrected chi connectivity index (χ2v) is 8.49. The van der Waals surface area contributed by atoms with Gasteiger partial charge in [-0.05, 0) is 55.6 Å².